The lowest BCUT2D eigenvalue weighted by atomic mass is 10.00. The number of aliphatic carboxylic acids is 2. The fourth-order valence-electron chi connectivity index (χ4n) is 4.21. The predicted octanol–water partition coefficient (Wildman–Crippen LogP) is -0.247. The molecule has 4 atom stereocenters. The fraction of sp³-hybridized carbons (Fsp3) is 0.481. The maximum absolute atomic E-state index is 13.3. The number of para-hydroxylation sites is 1. The molecule has 41 heavy (non-hydrogen) atoms. The first kappa shape index (κ1) is 32.8. The van der Waals surface area contributed by atoms with Gasteiger partial charge < -0.3 is 42.6 Å². The monoisotopic (exact) mass is 574 g/mol. The van der Waals surface area contributed by atoms with Crippen LogP contribution in [0.2, 0.25) is 0 Å². The number of fused-ring (bicyclic) bond motifs is 1. The molecule has 0 fully saturated rings. The number of hydrogen-bond donors (Lipinski definition) is 8. The summed E-state index contributed by atoms with van der Waals surface area (Å²) in [6, 6.07) is 2.31. The number of primary amides is 1. The third-order valence-corrected chi connectivity index (χ3v) is 6.37. The highest BCUT2D eigenvalue weighted by Gasteiger charge is 2.31. The van der Waals surface area contributed by atoms with Crippen molar-refractivity contribution in [2.45, 2.75) is 76.5 Å². The Morgan fingerprint density at radius 3 is 2.07 bits per heavy atom. The van der Waals surface area contributed by atoms with Crippen molar-refractivity contribution in [1.29, 1.82) is 0 Å². The number of nitrogens with one attached hydrogen (secondary N) is 4. The Hall–Kier alpha value is -4.46. The smallest absolute Gasteiger partial charge is 0.326 e. The van der Waals surface area contributed by atoms with Crippen molar-refractivity contribution in [3.63, 3.8) is 0 Å². The third kappa shape index (κ3) is 10.6. The summed E-state index contributed by atoms with van der Waals surface area (Å²) in [5, 5.41) is 26.9. The Morgan fingerprint density at radius 2 is 1.46 bits per heavy atom. The van der Waals surface area contributed by atoms with Gasteiger partial charge in [0.2, 0.25) is 23.6 Å². The molecule has 0 saturated carbocycles. The Morgan fingerprint density at radius 1 is 0.854 bits per heavy atom. The van der Waals surface area contributed by atoms with E-state index in [2.05, 4.69) is 20.9 Å². The normalized spacial score (nSPS) is 14.0. The first-order valence-electron chi connectivity index (χ1n) is 13.2. The second-order valence-corrected chi connectivity index (χ2v) is 10.3. The summed E-state index contributed by atoms with van der Waals surface area (Å²) >= 11 is 0. The Bertz CT molecular complexity index is 1260. The molecule has 14 heteroatoms. The average Bonchev–Trinajstić information content (AvgIpc) is 3.30. The van der Waals surface area contributed by atoms with Crippen molar-refractivity contribution >= 4 is 46.5 Å². The molecule has 0 aliphatic rings. The lowest BCUT2D eigenvalue weighted by molar-refractivity contribution is -0.142. The largest absolute Gasteiger partial charge is 0.481 e. The molecule has 1 aromatic carbocycles. The Balaban J connectivity index is 2.18. The third-order valence-electron chi connectivity index (χ3n) is 6.37. The zero-order chi connectivity index (χ0) is 30.7. The van der Waals surface area contributed by atoms with Crippen LogP contribution in [0.3, 0.4) is 0 Å². The van der Waals surface area contributed by atoms with Gasteiger partial charge >= 0.3 is 11.9 Å². The SMILES string of the molecule is CC(C)CC(NC(=O)C(CCC(N)=O)NC(=O)C(N)CCC(=O)O)C(=O)NC(Cc1c[nH]c2ccccc12)C(=O)O. The highest BCUT2D eigenvalue weighted by Crippen LogP contribution is 2.19. The van der Waals surface area contributed by atoms with Crippen LogP contribution >= 0.6 is 0 Å². The van der Waals surface area contributed by atoms with Crippen LogP contribution in [0.25, 0.3) is 10.9 Å². The van der Waals surface area contributed by atoms with Gasteiger partial charge in [-0.25, -0.2) is 4.79 Å². The first-order chi connectivity index (χ1) is 19.3. The van der Waals surface area contributed by atoms with Crippen LogP contribution < -0.4 is 27.4 Å². The lowest BCUT2D eigenvalue weighted by Gasteiger charge is -2.26. The molecule has 10 N–H and O–H groups in total. The van der Waals surface area contributed by atoms with Crippen molar-refractivity contribution in [2.24, 2.45) is 17.4 Å². The number of amides is 4. The number of carboxylic acid groups (broad SMARTS) is 2. The highest BCUT2D eigenvalue weighted by molar-refractivity contribution is 5.94. The van der Waals surface area contributed by atoms with Crippen LogP contribution in [0, 0.1) is 5.92 Å². The van der Waals surface area contributed by atoms with Gasteiger partial charge in [-0.2, -0.15) is 0 Å². The van der Waals surface area contributed by atoms with Crippen LogP contribution in [0.1, 0.15) is 51.5 Å². The molecule has 2 aromatic rings. The maximum atomic E-state index is 13.3. The first-order valence-corrected chi connectivity index (χ1v) is 13.2. The van der Waals surface area contributed by atoms with Crippen LogP contribution in [0.4, 0.5) is 0 Å². The summed E-state index contributed by atoms with van der Waals surface area (Å²) in [6.07, 6.45) is 0.781. The maximum Gasteiger partial charge on any atom is 0.326 e. The zero-order valence-corrected chi connectivity index (χ0v) is 23.0. The van der Waals surface area contributed by atoms with E-state index in [1.165, 1.54) is 0 Å². The summed E-state index contributed by atoms with van der Waals surface area (Å²) in [7, 11) is 0. The van der Waals surface area contributed by atoms with E-state index in [1.807, 2.05) is 24.3 Å². The molecule has 1 heterocycles. The molecule has 224 valence electrons. The lowest BCUT2D eigenvalue weighted by Crippen LogP contribution is -2.57. The van der Waals surface area contributed by atoms with Crippen LogP contribution in [-0.4, -0.2) is 74.9 Å². The number of aromatic amines is 1. The predicted molar refractivity (Wildman–Crippen MR) is 148 cm³/mol. The van der Waals surface area contributed by atoms with E-state index >= 15 is 0 Å². The van der Waals surface area contributed by atoms with Crippen molar-refractivity contribution in [2.75, 3.05) is 0 Å². The minimum Gasteiger partial charge on any atom is -0.481 e. The minimum atomic E-state index is -1.31. The van der Waals surface area contributed by atoms with Gasteiger partial charge in [-0.1, -0.05) is 32.0 Å². The fourth-order valence-corrected chi connectivity index (χ4v) is 4.21. The Kier molecular flexibility index (Phi) is 12.3. The molecule has 0 spiro atoms. The van der Waals surface area contributed by atoms with Gasteiger partial charge in [-0.3, -0.25) is 24.0 Å². The van der Waals surface area contributed by atoms with E-state index in [-0.39, 0.29) is 44.4 Å². The number of carboxylic acids is 2. The van der Waals surface area contributed by atoms with Gasteiger partial charge in [0.1, 0.15) is 18.1 Å². The minimum absolute atomic E-state index is 0.0149. The average molecular weight is 575 g/mol. The zero-order valence-electron chi connectivity index (χ0n) is 23.0. The molecule has 14 nitrogen and oxygen atoms in total. The summed E-state index contributed by atoms with van der Waals surface area (Å²) in [6.45, 7) is 3.61. The molecule has 1 aromatic heterocycles. The number of aromatic nitrogens is 1. The van der Waals surface area contributed by atoms with Crippen molar-refractivity contribution < 1.29 is 39.0 Å². The van der Waals surface area contributed by atoms with E-state index in [9.17, 15) is 33.9 Å². The number of carbonyl (C=O) groups excluding carboxylic acids is 4. The molecule has 4 amide bonds. The van der Waals surface area contributed by atoms with Crippen LogP contribution in [0.15, 0.2) is 30.5 Å². The van der Waals surface area contributed by atoms with Crippen LogP contribution in [-0.2, 0) is 35.2 Å². The molecular weight excluding hydrogens is 536 g/mol. The quantitative estimate of drug-likeness (QED) is 0.124. The van der Waals surface area contributed by atoms with Gasteiger partial charge in [0.15, 0.2) is 0 Å². The molecule has 0 aliphatic carbocycles. The van der Waals surface area contributed by atoms with E-state index in [0.717, 1.165) is 10.9 Å². The topological polar surface area (TPSA) is 247 Å². The second-order valence-electron chi connectivity index (χ2n) is 10.3. The molecule has 0 bridgehead atoms. The van der Waals surface area contributed by atoms with Crippen molar-refractivity contribution in [1.82, 2.24) is 20.9 Å². The number of carbonyl (C=O) groups is 6. The number of rotatable bonds is 17. The summed E-state index contributed by atoms with van der Waals surface area (Å²) < 4.78 is 0. The summed E-state index contributed by atoms with van der Waals surface area (Å²) in [5.74, 6) is -5.60. The van der Waals surface area contributed by atoms with E-state index < -0.39 is 59.7 Å². The second kappa shape index (κ2) is 15.4. The van der Waals surface area contributed by atoms with Crippen molar-refractivity contribution in [3.05, 3.63) is 36.0 Å². The molecule has 0 aliphatic heterocycles. The summed E-state index contributed by atoms with van der Waals surface area (Å²) in [5.41, 5.74) is 12.4. The number of hydrogen-bond acceptors (Lipinski definition) is 7. The molecule has 0 radical (unpaired) electrons. The number of benzene rings is 1. The molecule has 0 saturated heterocycles. The summed E-state index contributed by atoms with van der Waals surface area (Å²) in [4.78, 5) is 76.2. The molecule has 2 rings (SSSR count). The van der Waals surface area contributed by atoms with Gasteiger partial charge in [0.05, 0.1) is 6.04 Å². The Labute approximate surface area is 236 Å². The van der Waals surface area contributed by atoms with E-state index in [0.29, 0.717) is 5.56 Å². The van der Waals surface area contributed by atoms with Gasteiger partial charge in [0, 0.05) is 36.4 Å². The van der Waals surface area contributed by atoms with Crippen molar-refractivity contribution in [3.8, 4) is 0 Å². The number of H-pyrrole nitrogens is 1. The molecule has 4 unspecified atom stereocenters. The number of nitrogens with two attached hydrogens (primary N) is 2. The highest BCUT2D eigenvalue weighted by atomic mass is 16.4. The molecular formula is C27H38N6O8. The van der Waals surface area contributed by atoms with Gasteiger partial charge in [-0.15, -0.1) is 0 Å². The van der Waals surface area contributed by atoms with Gasteiger partial charge in [-0.05, 0) is 36.8 Å². The van der Waals surface area contributed by atoms with E-state index in [1.54, 1.807) is 20.0 Å². The standard InChI is InChI=1S/C27H38N6O8/c1-14(2)11-20(26(39)33-21(27(40)41)12-15-13-30-18-6-4-3-5-16(15)18)32-25(38)19(8-9-22(29)34)31-24(37)17(28)7-10-23(35)36/h3-6,13-14,17,19-21,30H,7-12,28H2,1-2H3,(H2,29,34)(H,31,37)(H,32,38)(H,33,39)(H,35,36)(H,40,41). The van der Waals surface area contributed by atoms with E-state index in [4.69, 9.17) is 16.6 Å². The van der Waals surface area contributed by atoms with Gasteiger partial charge in [0.25, 0.3) is 0 Å². The van der Waals surface area contributed by atoms with Crippen LogP contribution in [0.5, 0.6) is 0 Å².